The maximum absolute atomic E-state index is 12.7. The number of aryl methyl sites for hydroxylation is 2. The monoisotopic (exact) mass is 345 g/mol. The SMILES string of the molecule is Cc1cnc(C)c(N2CCN(CC(=O)N3CC(C)CC(C)C3)CC2)n1. The molecule has 1 aromatic rings. The van der Waals surface area contributed by atoms with Crippen LogP contribution in [0.2, 0.25) is 0 Å². The minimum atomic E-state index is 0.290. The number of likely N-dealkylation sites (tertiary alicyclic amines) is 1. The molecule has 2 fully saturated rings. The number of carbonyl (C=O) groups excluding carboxylic acids is 1. The molecule has 1 amide bonds. The maximum atomic E-state index is 12.7. The van der Waals surface area contributed by atoms with Crippen molar-refractivity contribution < 1.29 is 4.79 Å². The topological polar surface area (TPSA) is 52.6 Å². The fourth-order valence-electron chi connectivity index (χ4n) is 4.10. The lowest BCUT2D eigenvalue weighted by Crippen LogP contribution is -2.52. The molecule has 2 aliphatic rings. The molecule has 2 unspecified atom stereocenters. The van der Waals surface area contributed by atoms with Gasteiger partial charge in [0.1, 0.15) is 5.82 Å². The van der Waals surface area contributed by atoms with Gasteiger partial charge in [-0.3, -0.25) is 14.7 Å². The number of piperazine rings is 1. The number of piperidine rings is 1. The second-order valence-electron chi connectivity index (χ2n) is 7.93. The summed E-state index contributed by atoms with van der Waals surface area (Å²) >= 11 is 0. The number of anilines is 1. The molecule has 0 radical (unpaired) electrons. The molecule has 0 N–H and O–H groups in total. The van der Waals surface area contributed by atoms with E-state index in [1.807, 2.05) is 20.0 Å². The zero-order valence-electron chi connectivity index (χ0n) is 16.0. The van der Waals surface area contributed by atoms with E-state index in [9.17, 15) is 4.79 Å². The van der Waals surface area contributed by atoms with Crippen molar-refractivity contribution >= 4 is 11.7 Å². The molecule has 6 heteroatoms. The summed E-state index contributed by atoms with van der Waals surface area (Å²) in [5.41, 5.74) is 1.93. The van der Waals surface area contributed by atoms with Gasteiger partial charge in [0.25, 0.3) is 0 Å². The molecular formula is C19H31N5O. The highest BCUT2D eigenvalue weighted by Crippen LogP contribution is 2.21. The number of carbonyl (C=O) groups is 1. The van der Waals surface area contributed by atoms with Crippen LogP contribution in [0.5, 0.6) is 0 Å². The predicted molar refractivity (Wildman–Crippen MR) is 99.7 cm³/mol. The summed E-state index contributed by atoms with van der Waals surface area (Å²) in [6, 6.07) is 0. The van der Waals surface area contributed by atoms with Crippen molar-refractivity contribution in [3.63, 3.8) is 0 Å². The van der Waals surface area contributed by atoms with Gasteiger partial charge in [-0.2, -0.15) is 0 Å². The number of hydrogen-bond acceptors (Lipinski definition) is 5. The Morgan fingerprint density at radius 3 is 2.40 bits per heavy atom. The minimum Gasteiger partial charge on any atom is -0.353 e. The average Bonchev–Trinajstić information content (AvgIpc) is 2.57. The Labute approximate surface area is 151 Å². The Morgan fingerprint density at radius 2 is 1.76 bits per heavy atom. The highest BCUT2D eigenvalue weighted by molar-refractivity contribution is 5.78. The summed E-state index contributed by atoms with van der Waals surface area (Å²) in [7, 11) is 0. The quantitative estimate of drug-likeness (QED) is 0.835. The van der Waals surface area contributed by atoms with Crippen molar-refractivity contribution in [3.8, 4) is 0 Å². The molecule has 3 heterocycles. The van der Waals surface area contributed by atoms with Crippen LogP contribution in [0, 0.1) is 25.7 Å². The van der Waals surface area contributed by atoms with Crippen LogP contribution in [0.4, 0.5) is 5.82 Å². The maximum Gasteiger partial charge on any atom is 0.236 e. The third-order valence-electron chi connectivity index (χ3n) is 5.30. The second-order valence-corrected chi connectivity index (χ2v) is 7.93. The van der Waals surface area contributed by atoms with Crippen LogP contribution in [0.25, 0.3) is 0 Å². The molecule has 2 saturated heterocycles. The molecule has 138 valence electrons. The smallest absolute Gasteiger partial charge is 0.236 e. The number of aromatic nitrogens is 2. The van der Waals surface area contributed by atoms with Gasteiger partial charge in [-0.1, -0.05) is 13.8 Å². The van der Waals surface area contributed by atoms with Gasteiger partial charge in [-0.25, -0.2) is 4.98 Å². The summed E-state index contributed by atoms with van der Waals surface area (Å²) in [6.07, 6.45) is 3.05. The first-order valence-electron chi connectivity index (χ1n) is 9.47. The van der Waals surface area contributed by atoms with Crippen molar-refractivity contribution in [3.05, 3.63) is 17.6 Å². The van der Waals surface area contributed by atoms with E-state index in [0.29, 0.717) is 24.3 Å². The molecular weight excluding hydrogens is 314 g/mol. The molecule has 6 nitrogen and oxygen atoms in total. The van der Waals surface area contributed by atoms with Crippen LogP contribution in [-0.4, -0.2) is 71.5 Å². The Balaban J connectivity index is 1.52. The van der Waals surface area contributed by atoms with Gasteiger partial charge in [0.2, 0.25) is 5.91 Å². The molecule has 0 bridgehead atoms. The first kappa shape index (κ1) is 18.1. The zero-order valence-corrected chi connectivity index (χ0v) is 16.0. The molecule has 2 atom stereocenters. The zero-order chi connectivity index (χ0) is 18.0. The van der Waals surface area contributed by atoms with Gasteiger partial charge >= 0.3 is 0 Å². The van der Waals surface area contributed by atoms with Crippen LogP contribution in [-0.2, 0) is 4.79 Å². The Morgan fingerprint density at radius 1 is 1.12 bits per heavy atom. The van der Waals surface area contributed by atoms with E-state index in [1.54, 1.807) is 0 Å². The second kappa shape index (κ2) is 7.68. The first-order valence-corrected chi connectivity index (χ1v) is 9.47. The molecule has 0 aliphatic carbocycles. The van der Waals surface area contributed by atoms with Crippen LogP contribution < -0.4 is 4.90 Å². The van der Waals surface area contributed by atoms with Gasteiger partial charge < -0.3 is 9.80 Å². The summed E-state index contributed by atoms with van der Waals surface area (Å²) in [6.45, 7) is 14.5. The molecule has 25 heavy (non-hydrogen) atoms. The third-order valence-corrected chi connectivity index (χ3v) is 5.30. The number of nitrogens with zero attached hydrogens (tertiary/aromatic N) is 5. The molecule has 2 aliphatic heterocycles. The largest absolute Gasteiger partial charge is 0.353 e. The van der Waals surface area contributed by atoms with E-state index in [0.717, 1.165) is 56.5 Å². The lowest BCUT2D eigenvalue weighted by atomic mass is 9.92. The van der Waals surface area contributed by atoms with Gasteiger partial charge in [0.15, 0.2) is 0 Å². The van der Waals surface area contributed by atoms with Crippen molar-refractivity contribution in [1.82, 2.24) is 19.8 Å². The summed E-state index contributed by atoms with van der Waals surface area (Å²) in [5.74, 6) is 2.52. The summed E-state index contributed by atoms with van der Waals surface area (Å²) in [5, 5.41) is 0. The number of rotatable bonds is 3. The average molecular weight is 345 g/mol. The predicted octanol–water partition coefficient (Wildman–Crippen LogP) is 1.72. The van der Waals surface area contributed by atoms with E-state index >= 15 is 0 Å². The minimum absolute atomic E-state index is 0.290. The van der Waals surface area contributed by atoms with Gasteiger partial charge in [0, 0.05) is 45.5 Å². The lowest BCUT2D eigenvalue weighted by molar-refractivity contribution is -0.135. The van der Waals surface area contributed by atoms with E-state index in [2.05, 4.69) is 38.5 Å². The van der Waals surface area contributed by atoms with E-state index in [1.165, 1.54) is 6.42 Å². The standard InChI is InChI=1S/C19H31N5O/c1-14-9-15(2)12-24(11-14)18(25)13-22-5-7-23(8-6-22)19-17(4)20-10-16(3)21-19/h10,14-15H,5-9,11-13H2,1-4H3. The summed E-state index contributed by atoms with van der Waals surface area (Å²) in [4.78, 5) is 28.4. The van der Waals surface area contributed by atoms with Gasteiger partial charge in [-0.05, 0) is 32.1 Å². The molecule has 0 spiro atoms. The molecule has 3 rings (SSSR count). The van der Waals surface area contributed by atoms with Crippen LogP contribution in [0.3, 0.4) is 0 Å². The highest BCUT2D eigenvalue weighted by atomic mass is 16.2. The third kappa shape index (κ3) is 4.48. The van der Waals surface area contributed by atoms with Crippen molar-refractivity contribution in [2.45, 2.75) is 34.1 Å². The molecule has 0 saturated carbocycles. The molecule has 1 aromatic heterocycles. The Kier molecular flexibility index (Phi) is 5.57. The Bertz CT molecular complexity index is 602. The van der Waals surface area contributed by atoms with Crippen LogP contribution >= 0.6 is 0 Å². The van der Waals surface area contributed by atoms with E-state index in [4.69, 9.17) is 0 Å². The van der Waals surface area contributed by atoms with E-state index in [-0.39, 0.29) is 0 Å². The van der Waals surface area contributed by atoms with Crippen molar-refractivity contribution in [2.24, 2.45) is 11.8 Å². The van der Waals surface area contributed by atoms with Crippen LogP contribution in [0.15, 0.2) is 6.20 Å². The lowest BCUT2D eigenvalue weighted by Gasteiger charge is -2.38. The highest BCUT2D eigenvalue weighted by Gasteiger charge is 2.28. The van der Waals surface area contributed by atoms with Crippen LogP contribution in [0.1, 0.15) is 31.7 Å². The normalized spacial score (nSPS) is 25.3. The number of hydrogen-bond donors (Lipinski definition) is 0. The Hall–Kier alpha value is -1.69. The molecule has 0 aromatic carbocycles. The van der Waals surface area contributed by atoms with E-state index < -0.39 is 0 Å². The van der Waals surface area contributed by atoms with Gasteiger partial charge in [-0.15, -0.1) is 0 Å². The first-order chi connectivity index (χ1) is 11.9. The van der Waals surface area contributed by atoms with Crippen molar-refractivity contribution in [2.75, 3.05) is 50.7 Å². The van der Waals surface area contributed by atoms with Gasteiger partial charge in [0.05, 0.1) is 17.9 Å². The summed E-state index contributed by atoms with van der Waals surface area (Å²) < 4.78 is 0. The fraction of sp³-hybridized carbons (Fsp3) is 0.737. The fourth-order valence-corrected chi connectivity index (χ4v) is 4.10. The van der Waals surface area contributed by atoms with Crippen molar-refractivity contribution in [1.29, 1.82) is 0 Å². The number of amides is 1.